The maximum Gasteiger partial charge on any atom is 0.257 e. The summed E-state index contributed by atoms with van der Waals surface area (Å²) in [6.45, 7) is 15.0. The maximum absolute atomic E-state index is 7.19. The molecule has 4 bridgehead atoms. The molecular formula is C20H34BCl. The molecule has 2 heteroatoms. The van der Waals surface area contributed by atoms with Gasteiger partial charge in [-0.3, -0.25) is 0 Å². The van der Waals surface area contributed by atoms with E-state index in [2.05, 4.69) is 41.5 Å². The molecule has 22 heavy (non-hydrogen) atoms. The van der Waals surface area contributed by atoms with Crippen LogP contribution in [0, 0.1) is 46.3 Å². The van der Waals surface area contributed by atoms with Gasteiger partial charge in [0.15, 0.2) is 0 Å². The summed E-state index contributed by atoms with van der Waals surface area (Å²) in [6.07, 6.45) is 6.20. The van der Waals surface area contributed by atoms with Crippen LogP contribution >= 0.6 is 11.5 Å². The quantitative estimate of drug-likeness (QED) is 0.519. The molecule has 6 fully saturated rings. The van der Waals surface area contributed by atoms with Gasteiger partial charge in [0.25, 0.3) is 6.13 Å². The molecule has 0 aromatic heterocycles. The Labute approximate surface area is 143 Å². The average Bonchev–Trinajstić information content (AvgIpc) is 2.45. The van der Waals surface area contributed by atoms with Crippen molar-refractivity contribution >= 4 is 17.6 Å². The molecule has 0 nitrogen and oxygen atoms in total. The van der Waals surface area contributed by atoms with Crippen LogP contribution in [0.3, 0.4) is 0 Å². The summed E-state index contributed by atoms with van der Waals surface area (Å²) >= 11 is 7.19. The van der Waals surface area contributed by atoms with Gasteiger partial charge in [-0.25, -0.2) is 0 Å². The lowest BCUT2D eigenvalue weighted by atomic mass is 9.30. The lowest BCUT2D eigenvalue weighted by Gasteiger charge is -2.65. The molecule has 0 aliphatic heterocycles. The zero-order chi connectivity index (χ0) is 16.0. The van der Waals surface area contributed by atoms with Crippen LogP contribution in [0.2, 0.25) is 11.6 Å². The van der Waals surface area contributed by atoms with Crippen molar-refractivity contribution < 1.29 is 0 Å². The Morgan fingerprint density at radius 3 is 1.36 bits per heavy atom. The molecule has 8 atom stereocenters. The molecule has 0 aromatic rings. The van der Waals surface area contributed by atoms with Crippen molar-refractivity contribution in [2.45, 2.75) is 78.9 Å². The Morgan fingerprint density at radius 2 is 1.09 bits per heavy atom. The van der Waals surface area contributed by atoms with Crippen LogP contribution < -0.4 is 0 Å². The standard InChI is InChI=1S/C20H34BCl/c1-11-15-7-13(19(15,3)4)9-17(11)21(22)18-10-14-8-16(12(18)2)20(14,5)6/h11-18H,7-10H2,1-6H3/t11-,12-,13?,14?,15-,16-,17-,18-/m1/s1. The van der Waals surface area contributed by atoms with Gasteiger partial charge in [0.2, 0.25) is 0 Å². The Hall–Kier alpha value is 0.355. The Balaban J connectivity index is 1.49. The number of hydrogen-bond donors (Lipinski definition) is 0. The molecule has 0 N–H and O–H groups in total. The smallest absolute Gasteiger partial charge is 0.195 e. The lowest BCUT2D eigenvalue weighted by Crippen LogP contribution is -2.58. The Kier molecular flexibility index (Phi) is 3.39. The van der Waals surface area contributed by atoms with Gasteiger partial charge >= 0.3 is 0 Å². The van der Waals surface area contributed by atoms with Crippen LogP contribution in [0.25, 0.3) is 0 Å². The first-order valence-electron chi connectivity index (χ1n) is 9.79. The fraction of sp³-hybridized carbons (Fsp3) is 1.00. The van der Waals surface area contributed by atoms with Crippen LogP contribution in [0.5, 0.6) is 0 Å². The second-order valence-electron chi connectivity index (χ2n) is 10.7. The van der Waals surface area contributed by atoms with Crippen LogP contribution in [0.1, 0.15) is 67.2 Å². The molecule has 0 spiro atoms. The van der Waals surface area contributed by atoms with E-state index in [1.807, 2.05) is 0 Å². The fourth-order valence-electron chi connectivity index (χ4n) is 7.54. The van der Waals surface area contributed by atoms with Gasteiger partial charge in [-0.1, -0.05) is 54.4 Å². The van der Waals surface area contributed by atoms with E-state index in [0.29, 0.717) is 17.0 Å². The Morgan fingerprint density at radius 1 is 0.727 bits per heavy atom. The van der Waals surface area contributed by atoms with E-state index in [9.17, 15) is 0 Å². The summed E-state index contributed by atoms with van der Waals surface area (Å²) < 4.78 is 0. The molecular weight excluding hydrogens is 286 g/mol. The summed E-state index contributed by atoms with van der Waals surface area (Å²) in [4.78, 5) is 0. The second kappa shape index (κ2) is 4.71. The lowest BCUT2D eigenvalue weighted by molar-refractivity contribution is -0.106. The minimum Gasteiger partial charge on any atom is -0.195 e. The third kappa shape index (κ3) is 1.84. The molecule has 6 aliphatic carbocycles. The van der Waals surface area contributed by atoms with E-state index < -0.39 is 0 Å². The fourth-order valence-corrected chi connectivity index (χ4v) is 8.20. The number of hydrogen-bond acceptors (Lipinski definition) is 0. The van der Waals surface area contributed by atoms with E-state index in [0.717, 1.165) is 47.1 Å². The first-order chi connectivity index (χ1) is 10.2. The molecule has 0 aromatic carbocycles. The summed E-state index contributed by atoms with van der Waals surface area (Å²) in [7, 11) is 0. The highest BCUT2D eigenvalue weighted by Crippen LogP contribution is 2.69. The normalized spacial score (nSPS) is 54.1. The minimum atomic E-state index is 0.438. The van der Waals surface area contributed by atoms with Gasteiger partial charge in [0, 0.05) is 0 Å². The van der Waals surface area contributed by atoms with Gasteiger partial charge in [-0.2, -0.15) is 11.5 Å². The summed E-state index contributed by atoms with van der Waals surface area (Å²) in [5.41, 5.74) is 1.18. The first-order valence-corrected chi connectivity index (χ1v) is 10.2. The van der Waals surface area contributed by atoms with Crippen molar-refractivity contribution in [3.63, 3.8) is 0 Å². The monoisotopic (exact) mass is 320 g/mol. The topological polar surface area (TPSA) is 0 Å². The minimum absolute atomic E-state index is 0.438. The average molecular weight is 321 g/mol. The highest BCUT2D eigenvalue weighted by molar-refractivity contribution is 7.08. The van der Waals surface area contributed by atoms with Gasteiger partial charge in [0.05, 0.1) is 0 Å². The molecule has 6 rings (SSSR count). The van der Waals surface area contributed by atoms with Crippen LogP contribution in [0.4, 0.5) is 0 Å². The van der Waals surface area contributed by atoms with Crippen molar-refractivity contribution in [2.75, 3.05) is 0 Å². The van der Waals surface area contributed by atoms with Crippen LogP contribution in [-0.2, 0) is 0 Å². The highest BCUT2D eigenvalue weighted by Gasteiger charge is 2.62. The first kappa shape index (κ1) is 15.9. The molecule has 2 unspecified atom stereocenters. The van der Waals surface area contributed by atoms with Crippen LogP contribution in [0.15, 0.2) is 0 Å². The van der Waals surface area contributed by atoms with Crippen molar-refractivity contribution in [3.05, 3.63) is 0 Å². The highest BCUT2D eigenvalue weighted by atomic mass is 35.5. The number of rotatable bonds is 2. The van der Waals surface area contributed by atoms with E-state index in [4.69, 9.17) is 11.5 Å². The van der Waals surface area contributed by atoms with Crippen molar-refractivity contribution in [3.8, 4) is 0 Å². The van der Waals surface area contributed by atoms with Crippen molar-refractivity contribution in [2.24, 2.45) is 46.3 Å². The SMILES string of the molecule is C[C@@H]1[C@H]2CC(C[C@H]1B(Cl)[C@@H]1CC3C[C@H]([C@H]1C)C3(C)C)C2(C)C. The number of halogens is 1. The molecule has 0 saturated heterocycles. The van der Waals surface area contributed by atoms with E-state index in [-0.39, 0.29) is 0 Å². The zero-order valence-corrected chi connectivity index (χ0v) is 16.2. The molecule has 6 aliphatic rings. The third-order valence-electron chi connectivity index (χ3n) is 9.64. The van der Waals surface area contributed by atoms with Crippen LogP contribution in [-0.4, -0.2) is 6.13 Å². The summed E-state index contributed by atoms with van der Waals surface area (Å²) in [6, 6.07) is 0. The zero-order valence-electron chi connectivity index (χ0n) is 15.4. The number of fused-ring (bicyclic) bond motifs is 4. The molecule has 0 radical (unpaired) electrons. The maximum atomic E-state index is 7.19. The van der Waals surface area contributed by atoms with Gasteiger partial charge in [-0.15, -0.1) is 0 Å². The van der Waals surface area contributed by atoms with Gasteiger partial charge < -0.3 is 0 Å². The van der Waals surface area contributed by atoms with Crippen molar-refractivity contribution in [1.82, 2.24) is 0 Å². The largest absolute Gasteiger partial charge is 0.257 e. The van der Waals surface area contributed by atoms with Gasteiger partial charge in [-0.05, 0) is 70.8 Å². The van der Waals surface area contributed by atoms with Gasteiger partial charge in [0.1, 0.15) is 0 Å². The summed E-state index contributed by atoms with van der Waals surface area (Å²) in [5.74, 6) is 7.00. The Bertz CT molecular complexity index is 428. The third-order valence-corrected chi connectivity index (χ3v) is 10.3. The molecule has 0 amide bonds. The van der Waals surface area contributed by atoms with E-state index in [1.165, 1.54) is 25.7 Å². The molecule has 124 valence electrons. The van der Waals surface area contributed by atoms with E-state index in [1.54, 1.807) is 0 Å². The van der Waals surface area contributed by atoms with Crippen molar-refractivity contribution in [1.29, 1.82) is 0 Å². The molecule has 6 saturated carbocycles. The summed E-state index contributed by atoms with van der Waals surface area (Å²) in [5, 5.41) is 0. The van der Waals surface area contributed by atoms with E-state index >= 15 is 0 Å². The second-order valence-corrected chi connectivity index (χ2v) is 11.2. The molecule has 0 heterocycles. The predicted molar refractivity (Wildman–Crippen MR) is 97.4 cm³/mol. The predicted octanol–water partition coefficient (Wildman–Crippen LogP) is 6.36.